The molecule has 2 amide bonds. The van der Waals surface area contributed by atoms with E-state index in [1.165, 1.54) is 0 Å². The third kappa shape index (κ3) is 2.08. The third-order valence-electron chi connectivity index (χ3n) is 2.76. The highest BCUT2D eigenvalue weighted by molar-refractivity contribution is 5.87. The second kappa shape index (κ2) is 4.38. The summed E-state index contributed by atoms with van der Waals surface area (Å²) < 4.78 is 5.27. The van der Waals surface area contributed by atoms with Gasteiger partial charge in [-0.1, -0.05) is 0 Å². The summed E-state index contributed by atoms with van der Waals surface area (Å²) in [4.78, 5) is 24.6. The van der Waals surface area contributed by atoms with Gasteiger partial charge in [0.25, 0.3) is 0 Å². The van der Waals surface area contributed by atoms with Gasteiger partial charge in [0.05, 0.1) is 18.8 Å². The fraction of sp³-hybridized carbons (Fsp3) is 0.455. The Hall–Kier alpha value is -1.78. The minimum Gasteiger partial charge on any atom is -0.467 e. The lowest BCUT2D eigenvalue weighted by Gasteiger charge is -2.25. The highest BCUT2D eigenvalue weighted by Gasteiger charge is 2.26. The number of hydrogen-bond donors (Lipinski definition) is 1. The largest absolute Gasteiger partial charge is 0.467 e. The van der Waals surface area contributed by atoms with Crippen LogP contribution >= 0.6 is 0 Å². The maximum atomic E-state index is 11.8. The van der Waals surface area contributed by atoms with Crippen LogP contribution in [-0.4, -0.2) is 29.8 Å². The fourth-order valence-electron chi connectivity index (χ4n) is 1.80. The van der Waals surface area contributed by atoms with Crippen LogP contribution in [0, 0.1) is 0 Å². The predicted octanol–water partition coefficient (Wildman–Crippen LogP) is 0.689. The zero-order valence-corrected chi connectivity index (χ0v) is 9.10. The number of carbonyl (C=O) groups excluding carboxylic acids is 2. The monoisotopic (exact) mass is 222 g/mol. The van der Waals surface area contributed by atoms with Gasteiger partial charge in [0.2, 0.25) is 11.8 Å². The van der Waals surface area contributed by atoms with Crippen molar-refractivity contribution in [3.8, 4) is 0 Å². The molecular weight excluding hydrogens is 208 g/mol. The second-order valence-electron chi connectivity index (χ2n) is 3.81. The lowest BCUT2D eigenvalue weighted by molar-refractivity contribution is -0.132. The number of amides is 2. The first kappa shape index (κ1) is 10.7. The van der Waals surface area contributed by atoms with Crippen LogP contribution in [0.4, 0.5) is 0 Å². The molecule has 0 spiro atoms. The van der Waals surface area contributed by atoms with Crippen LogP contribution < -0.4 is 5.32 Å². The normalized spacial score (nSPS) is 19.2. The first-order chi connectivity index (χ1) is 7.68. The average molecular weight is 222 g/mol. The van der Waals surface area contributed by atoms with Crippen LogP contribution in [-0.2, 0) is 9.59 Å². The number of carbonyl (C=O) groups is 2. The van der Waals surface area contributed by atoms with E-state index in [-0.39, 0.29) is 24.4 Å². The quantitative estimate of drug-likeness (QED) is 0.800. The minimum atomic E-state index is -0.129. The maximum absolute atomic E-state index is 11.8. The highest BCUT2D eigenvalue weighted by Crippen LogP contribution is 2.21. The van der Waals surface area contributed by atoms with E-state index >= 15 is 0 Å². The molecule has 1 N–H and O–H groups in total. The zero-order valence-electron chi connectivity index (χ0n) is 9.10. The van der Waals surface area contributed by atoms with Gasteiger partial charge >= 0.3 is 0 Å². The van der Waals surface area contributed by atoms with Crippen LogP contribution in [0.3, 0.4) is 0 Å². The van der Waals surface area contributed by atoms with Gasteiger partial charge in [-0.25, -0.2) is 0 Å². The lowest BCUT2D eigenvalue weighted by Crippen LogP contribution is -2.36. The van der Waals surface area contributed by atoms with E-state index in [1.807, 2.05) is 13.0 Å². The summed E-state index contributed by atoms with van der Waals surface area (Å²) in [5.41, 5.74) is 0. The zero-order chi connectivity index (χ0) is 11.5. The second-order valence-corrected chi connectivity index (χ2v) is 3.81. The number of hydrogen-bond acceptors (Lipinski definition) is 3. The Labute approximate surface area is 93.4 Å². The van der Waals surface area contributed by atoms with Gasteiger partial charge in [-0.2, -0.15) is 0 Å². The van der Waals surface area contributed by atoms with E-state index in [0.29, 0.717) is 13.0 Å². The van der Waals surface area contributed by atoms with Crippen LogP contribution in [0.15, 0.2) is 22.8 Å². The molecule has 16 heavy (non-hydrogen) atoms. The Kier molecular flexibility index (Phi) is 2.94. The molecule has 1 fully saturated rings. The molecule has 5 nitrogen and oxygen atoms in total. The van der Waals surface area contributed by atoms with Gasteiger partial charge in [0.1, 0.15) is 5.76 Å². The van der Waals surface area contributed by atoms with E-state index in [2.05, 4.69) is 5.32 Å². The maximum Gasteiger partial charge on any atom is 0.242 e. The van der Waals surface area contributed by atoms with Gasteiger partial charge in [-0.05, 0) is 19.1 Å². The molecule has 1 unspecified atom stereocenters. The van der Waals surface area contributed by atoms with Crippen molar-refractivity contribution in [2.75, 3.05) is 13.1 Å². The van der Waals surface area contributed by atoms with E-state index in [9.17, 15) is 9.59 Å². The summed E-state index contributed by atoms with van der Waals surface area (Å²) in [6.45, 7) is 2.41. The van der Waals surface area contributed by atoms with Gasteiger partial charge in [-0.3, -0.25) is 9.59 Å². The molecule has 0 aliphatic carbocycles. The van der Waals surface area contributed by atoms with Crippen molar-refractivity contribution in [3.05, 3.63) is 24.2 Å². The van der Waals surface area contributed by atoms with Crippen molar-refractivity contribution in [1.82, 2.24) is 10.2 Å². The molecule has 0 bridgehead atoms. The Bertz CT molecular complexity index is 386. The van der Waals surface area contributed by atoms with E-state index in [4.69, 9.17) is 4.42 Å². The van der Waals surface area contributed by atoms with Gasteiger partial charge in [0, 0.05) is 13.0 Å². The topological polar surface area (TPSA) is 62.6 Å². The number of furan rings is 1. The van der Waals surface area contributed by atoms with Crippen LogP contribution in [0.1, 0.15) is 25.1 Å². The molecule has 1 aliphatic rings. The number of rotatable bonds is 2. The predicted molar refractivity (Wildman–Crippen MR) is 56.5 cm³/mol. The Morgan fingerprint density at radius 3 is 3.00 bits per heavy atom. The van der Waals surface area contributed by atoms with Crippen molar-refractivity contribution in [2.24, 2.45) is 0 Å². The Morgan fingerprint density at radius 1 is 1.50 bits per heavy atom. The molecule has 5 heteroatoms. The molecule has 2 heterocycles. The Balaban J connectivity index is 2.13. The van der Waals surface area contributed by atoms with E-state index in [0.717, 1.165) is 5.76 Å². The summed E-state index contributed by atoms with van der Waals surface area (Å²) in [5, 5.41) is 2.56. The van der Waals surface area contributed by atoms with E-state index < -0.39 is 0 Å². The SMILES string of the molecule is CC(c1ccco1)N1CCC(=O)NCC1=O. The summed E-state index contributed by atoms with van der Waals surface area (Å²) in [7, 11) is 0. The van der Waals surface area contributed by atoms with E-state index in [1.54, 1.807) is 17.2 Å². The van der Waals surface area contributed by atoms with Crippen molar-refractivity contribution in [2.45, 2.75) is 19.4 Å². The summed E-state index contributed by atoms with van der Waals surface area (Å²) in [5.74, 6) is 0.583. The van der Waals surface area contributed by atoms with Crippen molar-refractivity contribution < 1.29 is 14.0 Å². The van der Waals surface area contributed by atoms with Gasteiger partial charge in [0.15, 0.2) is 0 Å². The molecule has 0 aromatic carbocycles. The fourth-order valence-corrected chi connectivity index (χ4v) is 1.80. The molecule has 0 saturated carbocycles. The molecule has 0 radical (unpaired) electrons. The highest BCUT2D eigenvalue weighted by atomic mass is 16.3. The molecule has 86 valence electrons. The summed E-state index contributed by atoms with van der Waals surface area (Å²) >= 11 is 0. The minimum absolute atomic E-state index is 0.0733. The van der Waals surface area contributed by atoms with Crippen molar-refractivity contribution in [3.63, 3.8) is 0 Å². The molecule has 1 aromatic rings. The first-order valence-electron chi connectivity index (χ1n) is 5.28. The smallest absolute Gasteiger partial charge is 0.242 e. The number of nitrogens with one attached hydrogen (secondary N) is 1. The molecular formula is C11H14N2O3. The van der Waals surface area contributed by atoms with Crippen molar-refractivity contribution in [1.29, 1.82) is 0 Å². The Morgan fingerprint density at radius 2 is 2.31 bits per heavy atom. The molecule has 1 saturated heterocycles. The molecule has 1 aromatic heterocycles. The molecule has 1 atom stereocenters. The van der Waals surface area contributed by atoms with Crippen LogP contribution in [0.5, 0.6) is 0 Å². The molecule has 2 rings (SSSR count). The molecule has 1 aliphatic heterocycles. The standard InChI is InChI=1S/C11H14N2O3/c1-8(9-3-2-6-16-9)13-5-4-10(14)12-7-11(13)15/h2-3,6,8H,4-5,7H2,1H3,(H,12,14). The van der Waals surface area contributed by atoms with Gasteiger partial charge < -0.3 is 14.6 Å². The summed E-state index contributed by atoms with van der Waals surface area (Å²) in [6.07, 6.45) is 1.92. The van der Waals surface area contributed by atoms with Crippen molar-refractivity contribution >= 4 is 11.8 Å². The number of nitrogens with zero attached hydrogens (tertiary/aromatic N) is 1. The lowest BCUT2D eigenvalue weighted by atomic mass is 10.2. The first-order valence-corrected chi connectivity index (χ1v) is 5.28. The van der Waals surface area contributed by atoms with Crippen LogP contribution in [0.2, 0.25) is 0 Å². The van der Waals surface area contributed by atoms with Gasteiger partial charge in [-0.15, -0.1) is 0 Å². The third-order valence-corrected chi connectivity index (χ3v) is 2.76. The average Bonchev–Trinajstić information content (AvgIpc) is 2.74. The van der Waals surface area contributed by atoms with Crippen LogP contribution in [0.25, 0.3) is 0 Å². The summed E-state index contributed by atoms with van der Waals surface area (Å²) in [6, 6.07) is 3.49.